The number of carbonyl (C=O) groups is 1. The summed E-state index contributed by atoms with van der Waals surface area (Å²) in [6.07, 6.45) is -0.476. The first-order valence-electron chi connectivity index (χ1n) is 7.15. The van der Waals surface area contributed by atoms with Crippen LogP contribution in [0.15, 0.2) is 28.1 Å². The molecule has 0 fully saturated rings. The van der Waals surface area contributed by atoms with Gasteiger partial charge in [-0.3, -0.25) is 0 Å². The number of ether oxygens (including phenoxy) is 2. The Morgan fingerprint density at radius 1 is 1.33 bits per heavy atom. The van der Waals surface area contributed by atoms with Crippen LogP contribution < -0.4 is 9.64 Å². The first-order valence-corrected chi connectivity index (χ1v) is 9.13. The number of rotatable bonds is 4. The third-order valence-electron chi connectivity index (χ3n) is 2.88. The zero-order valence-electron chi connectivity index (χ0n) is 13.8. The van der Waals surface area contributed by atoms with Gasteiger partial charge in [-0.2, -0.15) is 0 Å². The van der Waals surface area contributed by atoms with Crippen molar-refractivity contribution < 1.29 is 14.3 Å². The number of benzene rings is 1. The van der Waals surface area contributed by atoms with Crippen LogP contribution in [0, 0.1) is 0 Å². The average molecular weight is 434 g/mol. The van der Waals surface area contributed by atoms with Crippen LogP contribution in [0.5, 0.6) is 5.75 Å². The van der Waals surface area contributed by atoms with Gasteiger partial charge in [-0.1, -0.05) is 35.1 Å². The minimum absolute atomic E-state index is 0.315. The van der Waals surface area contributed by atoms with Crippen molar-refractivity contribution in [2.45, 2.75) is 32.9 Å². The highest BCUT2D eigenvalue weighted by molar-refractivity contribution is 9.11. The van der Waals surface area contributed by atoms with Crippen molar-refractivity contribution in [3.63, 3.8) is 0 Å². The van der Waals surface area contributed by atoms with E-state index in [2.05, 4.69) is 20.9 Å². The van der Waals surface area contributed by atoms with E-state index in [1.165, 1.54) is 16.2 Å². The predicted octanol–water partition coefficient (Wildman–Crippen LogP) is 5.51. The van der Waals surface area contributed by atoms with Gasteiger partial charge < -0.3 is 9.47 Å². The van der Waals surface area contributed by atoms with Crippen LogP contribution in [0.3, 0.4) is 0 Å². The number of amides is 1. The Morgan fingerprint density at radius 3 is 2.42 bits per heavy atom. The largest absolute Gasteiger partial charge is 0.497 e. The van der Waals surface area contributed by atoms with Crippen LogP contribution in [0.4, 0.5) is 9.93 Å². The van der Waals surface area contributed by atoms with Crippen LogP contribution in [-0.2, 0) is 11.3 Å². The van der Waals surface area contributed by atoms with Crippen molar-refractivity contribution >= 4 is 50.1 Å². The molecular weight excluding hydrogens is 416 g/mol. The first kappa shape index (κ1) is 19.0. The van der Waals surface area contributed by atoms with Gasteiger partial charge in [-0.05, 0) is 54.4 Å². The summed E-state index contributed by atoms with van der Waals surface area (Å²) >= 11 is 10.6. The van der Waals surface area contributed by atoms with Crippen LogP contribution in [0.1, 0.15) is 26.3 Å². The zero-order valence-corrected chi connectivity index (χ0v) is 17.0. The van der Waals surface area contributed by atoms with E-state index in [9.17, 15) is 4.79 Å². The molecule has 5 nitrogen and oxygen atoms in total. The molecule has 1 amide bonds. The van der Waals surface area contributed by atoms with Crippen molar-refractivity contribution in [3.05, 3.63) is 38.8 Å². The summed E-state index contributed by atoms with van der Waals surface area (Å²) in [4.78, 5) is 18.3. The Hall–Kier alpha value is -1.31. The van der Waals surface area contributed by atoms with E-state index in [0.29, 0.717) is 20.6 Å². The van der Waals surface area contributed by atoms with Crippen molar-refractivity contribution in [1.82, 2.24) is 4.98 Å². The molecule has 130 valence electrons. The minimum Gasteiger partial charge on any atom is -0.497 e. The van der Waals surface area contributed by atoms with Gasteiger partial charge in [0.05, 0.1) is 13.7 Å². The zero-order chi connectivity index (χ0) is 17.9. The first-order chi connectivity index (χ1) is 11.2. The SMILES string of the molecule is COc1ccc(CN(C(=O)OC(C)(C)C)c2nc(Cl)c(Br)s2)cc1. The van der Waals surface area contributed by atoms with Gasteiger partial charge in [0.15, 0.2) is 10.3 Å². The molecule has 0 saturated carbocycles. The molecule has 0 N–H and O–H groups in total. The van der Waals surface area contributed by atoms with E-state index in [1.807, 2.05) is 45.0 Å². The molecule has 0 bridgehead atoms. The standard InChI is InChI=1S/C16H18BrClN2O3S/c1-16(2,3)23-15(21)20(14-19-13(18)12(17)24-14)9-10-5-7-11(22-4)8-6-10/h5-8H,9H2,1-4H3. The lowest BCUT2D eigenvalue weighted by Gasteiger charge is -2.25. The molecule has 0 aliphatic rings. The van der Waals surface area contributed by atoms with Crippen molar-refractivity contribution in [2.75, 3.05) is 12.0 Å². The summed E-state index contributed by atoms with van der Waals surface area (Å²) in [5.41, 5.74) is 0.317. The lowest BCUT2D eigenvalue weighted by Crippen LogP contribution is -2.36. The number of hydrogen-bond acceptors (Lipinski definition) is 5. The molecule has 8 heteroatoms. The third kappa shape index (κ3) is 5.09. The number of nitrogens with zero attached hydrogens (tertiary/aromatic N) is 2. The van der Waals surface area contributed by atoms with Gasteiger partial charge in [-0.15, -0.1) is 0 Å². The highest BCUT2D eigenvalue weighted by atomic mass is 79.9. The number of halogens is 2. The quantitative estimate of drug-likeness (QED) is 0.638. The molecule has 0 atom stereocenters. The maximum Gasteiger partial charge on any atom is 0.416 e. The number of carbonyl (C=O) groups excluding carboxylic acids is 1. The molecule has 24 heavy (non-hydrogen) atoms. The summed E-state index contributed by atoms with van der Waals surface area (Å²) in [6, 6.07) is 7.46. The van der Waals surface area contributed by atoms with Gasteiger partial charge in [0.2, 0.25) is 0 Å². The Labute approximate surface area is 158 Å². The molecule has 2 aromatic rings. The van der Waals surface area contributed by atoms with Crippen molar-refractivity contribution in [2.24, 2.45) is 0 Å². The maximum atomic E-state index is 12.6. The van der Waals surface area contributed by atoms with E-state index in [0.717, 1.165) is 11.3 Å². The molecule has 0 aliphatic heterocycles. The topological polar surface area (TPSA) is 51.7 Å². The minimum atomic E-state index is -0.604. The highest BCUT2D eigenvalue weighted by Gasteiger charge is 2.26. The summed E-state index contributed by atoms with van der Waals surface area (Å²) in [6.45, 7) is 5.78. The summed E-state index contributed by atoms with van der Waals surface area (Å²) < 4.78 is 11.3. The molecule has 1 heterocycles. The smallest absolute Gasteiger partial charge is 0.416 e. The van der Waals surface area contributed by atoms with Crippen molar-refractivity contribution in [1.29, 1.82) is 0 Å². The van der Waals surface area contributed by atoms with E-state index in [4.69, 9.17) is 21.1 Å². The van der Waals surface area contributed by atoms with Gasteiger partial charge in [0, 0.05) is 0 Å². The normalized spacial score (nSPS) is 11.2. The predicted molar refractivity (Wildman–Crippen MR) is 100 cm³/mol. The second kappa shape index (κ2) is 7.72. The molecule has 0 saturated heterocycles. The Balaban J connectivity index is 2.29. The van der Waals surface area contributed by atoms with Crippen LogP contribution in [-0.4, -0.2) is 23.8 Å². The summed E-state index contributed by atoms with van der Waals surface area (Å²) in [7, 11) is 1.61. The number of thiazole rings is 1. The lowest BCUT2D eigenvalue weighted by molar-refractivity contribution is 0.0577. The van der Waals surface area contributed by atoms with Crippen LogP contribution in [0.2, 0.25) is 5.15 Å². The molecular formula is C16H18BrClN2O3S. The van der Waals surface area contributed by atoms with E-state index in [1.54, 1.807) is 7.11 Å². The Bertz CT molecular complexity index is 694. The third-order valence-corrected chi connectivity index (χ3v) is 5.22. The monoisotopic (exact) mass is 432 g/mol. The molecule has 2 rings (SSSR count). The number of aromatic nitrogens is 1. The van der Waals surface area contributed by atoms with Gasteiger partial charge in [-0.25, -0.2) is 14.7 Å². The Kier molecular flexibility index (Phi) is 6.11. The maximum absolute atomic E-state index is 12.6. The fraction of sp³-hybridized carbons (Fsp3) is 0.375. The fourth-order valence-corrected chi connectivity index (χ4v) is 3.27. The second-order valence-electron chi connectivity index (χ2n) is 5.98. The summed E-state index contributed by atoms with van der Waals surface area (Å²) in [5, 5.41) is 0.787. The second-order valence-corrected chi connectivity index (χ2v) is 8.63. The number of methoxy groups -OCH3 is 1. The molecule has 1 aromatic heterocycles. The molecule has 0 spiro atoms. The lowest BCUT2D eigenvalue weighted by atomic mass is 10.2. The van der Waals surface area contributed by atoms with E-state index < -0.39 is 11.7 Å². The van der Waals surface area contributed by atoms with Gasteiger partial charge in [0.25, 0.3) is 0 Å². The Morgan fingerprint density at radius 2 is 1.96 bits per heavy atom. The van der Waals surface area contributed by atoms with Crippen LogP contribution >= 0.6 is 38.9 Å². The highest BCUT2D eigenvalue weighted by Crippen LogP contribution is 2.35. The van der Waals surface area contributed by atoms with Crippen LogP contribution in [0.25, 0.3) is 0 Å². The van der Waals surface area contributed by atoms with E-state index >= 15 is 0 Å². The van der Waals surface area contributed by atoms with Gasteiger partial charge >= 0.3 is 6.09 Å². The van der Waals surface area contributed by atoms with E-state index in [-0.39, 0.29) is 0 Å². The molecule has 1 aromatic carbocycles. The molecule has 0 aliphatic carbocycles. The molecule has 0 radical (unpaired) electrons. The van der Waals surface area contributed by atoms with Crippen molar-refractivity contribution in [3.8, 4) is 5.75 Å². The molecule has 0 unspecified atom stereocenters. The summed E-state index contributed by atoms with van der Waals surface area (Å²) in [5.74, 6) is 0.752. The van der Waals surface area contributed by atoms with Gasteiger partial charge in [0.1, 0.15) is 15.1 Å². The number of hydrogen-bond donors (Lipinski definition) is 0. The fourth-order valence-electron chi connectivity index (χ4n) is 1.83. The average Bonchev–Trinajstić information content (AvgIpc) is 2.82. The number of anilines is 1.